The molecule has 0 aromatic carbocycles. The number of rotatable bonds is 9. The molecule has 0 rings (SSSR count). The van der Waals surface area contributed by atoms with E-state index in [1.165, 1.54) is 26.2 Å². The second-order valence-electron chi connectivity index (χ2n) is 3.59. The van der Waals surface area contributed by atoms with Gasteiger partial charge in [0.2, 0.25) is 0 Å². The number of nitrogens with one attached hydrogen (secondary N) is 2. The maximum Gasteiger partial charge on any atom is 0.127 e. The number of hydrogen-bond acceptors (Lipinski definition) is 0. The summed E-state index contributed by atoms with van der Waals surface area (Å²) < 4.78 is 0. The Hall–Kier alpha value is 1.08. The van der Waals surface area contributed by atoms with Crippen molar-refractivity contribution in [1.82, 2.24) is 0 Å². The maximum absolute atomic E-state index is 5.74. The fraction of sp³-hybridized carbons (Fsp3) is 1.00. The van der Waals surface area contributed by atoms with Gasteiger partial charge in [0, 0.05) is 0 Å². The Morgan fingerprint density at radius 2 is 1.00 bits per heavy atom. The van der Waals surface area contributed by atoms with Crippen molar-refractivity contribution in [2.75, 3.05) is 51.0 Å². The van der Waals surface area contributed by atoms with E-state index in [4.69, 9.17) is 23.2 Å². The van der Waals surface area contributed by atoms with E-state index in [2.05, 4.69) is 13.8 Å². The monoisotopic (exact) mass is 312 g/mol. The minimum Gasteiger partial charge on any atom is -1.00 e. The predicted molar refractivity (Wildman–Crippen MR) is 63.9 cm³/mol. The van der Waals surface area contributed by atoms with Crippen molar-refractivity contribution in [3.05, 3.63) is 0 Å². The summed E-state index contributed by atoms with van der Waals surface area (Å²) in [5.74, 6) is 1.53. The molecule has 0 heterocycles. The van der Waals surface area contributed by atoms with E-state index in [0.29, 0.717) is 0 Å². The molecule has 2 unspecified atom stereocenters. The topological polar surface area (TPSA) is 8.88 Å². The summed E-state index contributed by atoms with van der Waals surface area (Å²) in [5.41, 5.74) is 0. The van der Waals surface area contributed by atoms with Crippen LogP contribution in [0.3, 0.4) is 0 Å². The summed E-state index contributed by atoms with van der Waals surface area (Å²) in [6, 6.07) is 0. The van der Waals surface area contributed by atoms with Gasteiger partial charge in [-0.1, -0.05) is 0 Å². The van der Waals surface area contributed by atoms with Gasteiger partial charge in [-0.05, 0) is 13.8 Å². The van der Waals surface area contributed by atoms with Crippen molar-refractivity contribution in [2.45, 2.75) is 13.8 Å². The van der Waals surface area contributed by atoms with Gasteiger partial charge in [-0.3, -0.25) is 0 Å². The van der Waals surface area contributed by atoms with Gasteiger partial charge in [0.05, 0.1) is 37.9 Å². The summed E-state index contributed by atoms with van der Waals surface area (Å²) in [6.45, 7) is 11.4. The van der Waals surface area contributed by atoms with Gasteiger partial charge in [0.15, 0.2) is 0 Å². The molecule has 16 heavy (non-hydrogen) atoms. The lowest BCUT2D eigenvalue weighted by Gasteiger charge is -2.20. The van der Waals surface area contributed by atoms with Crippen LogP contribution in [-0.2, 0) is 0 Å². The standard InChI is InChI=1S/C10H22Cl2N2.2ClH/c1-3-13(7-5-11)9-10-14(4-2)8-6-12;;/h3-10H2,1-2H3;2*1H. The highest BCUT2D eigenvalue weighted by molar-refractivity contribution is 6.18. The number of quaternary nitrogens is 2. The number of alkyl halides is 2. The van der Waals surface area contributed by atoms with Gasteiger partial charge in [-0.15, -0.1) is 23.2 Å². The zero-order chi connectivity index (χ0) is 10.8. The Balaban J connectivity index is -0.000000845. The Kier molecular flexibility index (Phi) is 22.4. The van der Waals surface area contributed by atoms with Crippen molar-refractivity contribution >= 4 is 23.2 Å². The molecule has 0 spiro atoms. The second kappa shape index (κ2) is 16.1. The average molecular weight is 314 g/mol. The summed E-state index contributed by atoms with van der Waals surface area (Å²) in [5, 5.41) is 0. The quantitative estimate of drug-likeness (QED) is 0.392. The van der Waals surface area contributed by atoms with Crippen LogP contribution in [0.5, 0.6) is 0 Å². The van der Waals surface area contributed by atoms with Gasteiger partial charge in [0.25, 0.3) is 0 Å². The molecule has 0 radical (unpaired) electrons. The third kappa shape index (κ3) is 11.6. The van der Waals surface area contributed by atoms with Gasteiger partial charge >= 0.3 is 0 Å². The van der Waals surface area contributed by atoms with E-state index in [1.807, 2.05) is 0 Å². The Morgan fingerprint density at radius 3 is 1.19 bits per heavy atom. The molecular formula is C10H24Cl4N2. The van der Waals surface area contributed by atoms with Crippen LogP contribution in [0.2, 0.25) is 0 Å². The Labute approximate surface area is 122 Å². The first-order valence-corrected chi connectivity index (χ1v) is 6.64. The molecule has 0 fully saturated rings. The van der Waals surface area contributed by atoms with Crippen molar-refractivity contribution in [1.29, 1.82) is 0 Å². The van der Waals surface area contributed by atoms with E-state index >= 15 is 0 Å². The predicted octanol–water partition coefficient (Wildman–Crippen LogP) is -6.72. The number of hydrogen-bond donors (Lipinski definition) is 2. The minimum absolute atomic E-state index is 0. The van der Waals surface area contributed by atoms with Crippen LogP contribution in [0.25, 0.3) is 0 Å². The van der Waals surface area contributed by atoms with Crippen LogP contribution in [0.4, 0.5) is 0 Å². The van der Waals surface area contributed by atoms with Crippen molar-refractivity contribution < 1.29 is 34.6 Å². The first kappa shape index (κ1) is 22.3. The van der Waals surface area contributed by atoms with Crippen molar-refractivity contribution in [3.63, 3.8) is 0 Å². The summed E-state index contributed by atoms with van der Waals surface area (Å²) in [7, 11) is 0. The van der Waals surface area contributed by atoms with Crippen LogP contribution < -0.4 is 34.6 Å². The molecule has 6 heteroatoms. The third-order valence-electron chi connectivity index (χ3n) is 2.73. The third-order valence-corrected chi connectivity index (χ3v) is 3.11. The van der Waals surface area contributed by atoms with Gasteiger partial charge in [-0.2, -0.15) is 0 Å². The molecule has 0 amide bonds. The zero-order valence-corrected chi connectivity index (χ0v) is 13.2. The van der Waals surface area contributed by atoms with Crippen LogP contribution in [-0.4, -0.2) is 51.0 Å². The largest absolute Gasteiger partial charge is 1.00 e. The van der Waals surface area contributed by atoms with E-state index in [0.717, 1.165) is 24.8 Å². The molecule has 0 aliphatic heterocycles. The molecule has 0 bridgehead atoms. The maximum atomic E-state index is 5.74. The van der Waals surface area contributed by atoms with Crippen molar-refractivity contribution in [3.8, 4) is 0 Å². The van der Waals surface area contributed by atoms with Gasteiger partial charge in [-0.25, -0.2) is 0 Å². The van der Waals surface area contributed by atoms with E-state index in [-0.39, 0.29) is 24.8 Å². The van der Waals surface area contributed by atoms with Crippen LogP contribution >= 0.6 is 23.2 Å². The molecule has 0 aliphatic rings. The number of halogens is 4. The van der Waals surface area contributed by atoms with E-state index in [9.17, 15) is 0 Å². The van der Waals surface area contributed by atoms with Gasteiger partial charge in [0.1, 0.15) is 13.1 Å². The summed E-state index contributed by atoms with van der Waals surface area (Å²) in [6.07, 6.45) is 0. The first-order chi connectivity index (χ1) is 6.78. The highest BCUT2D eigenvalue weighted by Gasteiger charge is 2.10. The van der Waals surface area contributed by atoms with Crippen LogP contribution in [0, 0.1) is 0 Å². The number of likely N-dealkylation sites (N-methyl/N-ethyl adjacent to an activating group) is 2. The first-order valence-electron chi connectivity index (χ1n) is 5.57. The smallest absolute Gasteiger partial charge is 0.127 e. The highest BCUT2D eigenvalue weighted by Crippen LogP contribution is 1.66. The molecule has 0 aromatic heterocycles. The lowest BCUT2D eigenvalue weighted by molar-refractivity contribution is -0.953. The SMILES string of the molecule is CC[NH+](CCCl)CC[NH+](CC)CCCl.[Cl-].[Cl-]. The molecule has 2 N–H and O–H groups in total. The average Bonchev–Trinajstić information content (AvgIpc) is 2.22. The molecule has 0 aliphatic carbocycles. The van der Waals surface area contributed by atoms with Gasteiger partial charge < -0.3 is 34.6 Å². The van der Waals surface area contributed by atoms with Crippen molar-refractivity contribution in [2.24, 2.45) is 0 Å². The molecule has 0 aromatic rings. The fourth-order valence-electron chi connectivity index (χ4n) is 1.58. The van der Waals surface area contributed by atoms with E-state index in [1.54, 1.807) is 9.80 Å². The molecule has 2 nitrogen and oxygen atoms in total. The second-order valence-corrected chi connectivity index (χ2v) is 4.34. The van der Waals surface area contributed by atoms with E-state index < -0.39 is 0 Å². The molecule has 0 saturated carbocycles. The molecule has 2 atom stereocenters. The lowest BCUT2D eigenvalue weighted by atomic mass is 10.4. The normalized spacial score (nSPS) is 13.5. The Morgan fingerprint density at radius 1 is 0.688 bits per heavy atom. The lowest BCUT2D eigenvalue weighted by Crippen LogP contribution is -3.20. The minimum atomic E-state index is 0. The molecule has 102 valence electrons. The highest BCUT2D eigenvalue weighted by atomic mass is 35.5. The molecule has 0 saturated heterocycles. The molecular weight excluding hydrogens is 290 g/mol. The van der Waals surface area contributed by atoms with Crippen LogP contribution in [0.1, 0.15) is 13.8 Å². The summed E-state index contributed by atoms with van der Waals surface area (Å²) >= 11 is 11.5. The summed E-state index contributed by atoms with van der Waals surface area (Å²) in [4.78, 5) is 3.20. The Bertz CT molecular complexity index is 113. The van der Waals surface area contributed by atoms with Crippen LogP contribution in [0.15, 0.2) is 0 Å². The fourth-order valence-corrected chi connectivity index (χ4v) is 2.11. The zero-order valence-electron chi connectivity index (χ0n) is 10.2.